The maximum absolute atomic E-state index is 12.9. The third-order valence-electron chi connectivity index (χ3n) is 5.83. The van der Waals surface area contributed by atoms with Crippen molar-refractivity contribution < 1.29 is 4.79 Å². The molecule has 6 nitrogen and oxygen atoms in total. The summed E-state index contributed by atoms with van der Waals surface area (Å²) in [4.78, 5) is 21.8. The first-order valence-corrected chi connectivity index (χ1v) is 12.2. The van der Waals surface area contributed by atoms with Gasteiger partial charge in [-0.05, 0) is 49.6 Å². The van der Waals surface area contributed by atoms with Gasteiger partial charge >= 0.3 is 0 Å². The fourth-order valence-electron chi connectivity index (χ4n) is 3.73. The van der Waals surface area contributed by atoms with Gasteiger partial charge in [0.05, 0.1) is 15.4 Å². The Morgan fingerprint density at radius 1 is 1.12 bits per heavy atom. The molecule has 3 aromatic rings. The number of aryl methyl sites for hydroxylation is 1. The summed E-state index contributed by atoms with van der Waals surface area (Å²) in [6.07, 6.45) is 1.86. The molecule has 0 radical (unpaired) electrons. The van der Waals surface area contributed by atoms with Crippen LogP contribution in [0.3, 0.4) is 0 Å². The molecule has 0 saturated carbocycles. The van der Waals surface area contributed by atoms with Crippen LogP contribution in [-0.2, 0) is 6.42 Å². The van der Waals surface area contributed by atoms with Crippen LogP contribution in [0.2, 0.25) is 5.02 Å². The van der Waals surface area contributed by atoms with Gasteiger partial charge in [0.25, 0.3) is 5.91 Å². The average Bonchev–Trinajstić information content (AvgIpc) is 3.25. The number of carbonyl (C=O) groups excluding carboxylic acids is 1. The Bertz CT molecular complexity index is 1130. The van der Waals surface area contributed by atoms with Crippen molar-refractivity contribution in [2.75, 3.05) is 36.5 Å². The Kier molecular flexibility index (Phi) is 6.96. The third kappa shape index (κ3) is 4.74. The highest BCUT2D eigenvalue weighted by Crippen LogP contribution is 2.38. The van der Waals surface area contributed by atoms with Crippen molar-refractivity contribution in [1.82, 2.24) is 9.88 Å². The molecule has 1 fully saturated rings. The van der Waals surface area contributed by atoms with Gasteiger partial charge < -0.3 is 9.80 Å². The topological polar surface area (TPSA) is 60.8 Å². The van der Waals surface area contributed by atoms with Crippen molar-refractivity contribution in [1.29, 1.82) is 0 Å². The fourth-order valence-corrected chi connectivity index (χ4v) is 4.81. The largest absolute Gasteiger partial charge is 0.365 e. The zero-order chi connectivity index (χ0) is 22.7. The first-order chi connectivity index (χ1) is 15.5. The van der Waals surface area contributed by atoms with Crippen LogP contribution in [0.15, 0.2) is 41.5 Å². The minimum Gasteiger partial charge on any atom is -0.365 e. The van der Waals surface area contributed by atoms with Gasteiger partial charge in [-0.25, -0.2) is 4.98 Å². The van der Waals surface area contributed by atoms with E-state index in [1.54, 1.807) is 11.3 Å². The Morgan fingerprint density at radius 3 is 2.50 bits per heavy atom. The Hall–Kier alpha value is -2.64. The summed E-state index contributed by atoms with van der Waals surface area (Å²) < 4.78 is 1.06. The minimum atomic E-state index is 0.0842. The number of benzene rings is 2. The lowest BCUT2D eigenvalue weighted by Gasteiger charge is -2.36. The van der Waals surface area contributed by atoms with Gasteiger partial charge in [0, 0.05) is 37.5 Å². The molecular formula is C24H28ClN5OS. The number of amides is 1. The highest BCUT2D eigenvalue weighted by atomic mass is 35.5. The lowest BCUT2D eigenvalue weighted by molar-refractivity contribution is 0.0747. The van der Waals surface area contributed by atoms with E-state index in [1.165, 1.54) is 5.56 Å². The van der Waals surface area contributed by atoms with Crippen LogP contribution in [0.4, 0.5) is 10.8 Å². The van der Waals surface area contributed by atoms with Gasteiger partial charge in [0.1, 0.15) is 5.52 Å². The Balaban J connectivity index is 1.50. The van der Waals surface area contributed by atoms with E-state index in [4.69, 9.17) is 16.6 Å². The number of halogens is 1. The highest BCUT2D eigenvalue weighted by molar-refractivity contribution is 7.22. The van der Waals surface area contributed by atoms with Crippen molar-refractivity contribution in [2.24, 2.45) is 5.10 Å². The molecule has 2 aromatic carbocycles. The van der Waals surface area contributed by atoms with Crippen LogP contribution in [0.5, 0.6) is 0 Å². The molecule has 0 unspecified atom stereocenters. The molecule has 4 rings (SSSR count). The molecule has 32 heavy (non-hydrogen) atoms. The predicted molar refractivity (Wildman–Crippen MR) is 136 cm³/mol. The van der Waals surface area contributed by atoms with Gasteiger partial charge in [-0.3, -0.25) is 10.2 Å². The number of hydrazone groups is 1. The third-order valence-corrected chi connectivity index (χ3v) is 7.06. The molecule has 0 atom stereocenters. The van der Waals surface area contributed by atoms with Crippen molar-refractivity contribution in [3.63, 3.8) is 0 Å². The second-order valence-corrected chi connectivity index (χ2v) is 9.34. The van der Waals surface area contributed by atoms with E-state index in [9.17, 15) is 4.79 Å². The first kappa shape index (κ1) is 22.6. The molecule has 168 valence electrons. The van der Waals surface area contributed by atoms with Gasteiger partial charge in [0.2, 0.25) is 5.13 Å². The van der Waals surface area contributed by atoms with E-state index in [0.717, 1.165) is 45.2 Å². The number of hydrogen-bond acceptors (Lipinski definition) is 6. The summed E-state index contributed by atoms with van der Waals surface area (Å²) in [5.41, 5.74) is 7.88. The molecular weight excluding hydrogens is 442 g/mol. The summed E-state index contributed by atoms with van der Waals surface area (Å²) in [5.74, 6) is 0.0842. The number of hydrogen-bond donors (Lipinski definition) is 1. The van der Waals surface area contributed by atoms with E-state index < -0.39 is 0 Å². The summed E-state index contributed by atoms with van der Waals surface area (Å²) in [6.45, 7) is 8.90. The molecule has 1 saturated heterocycles. The van der Waals surface area contributed by atoms with Crippen LogP contribution in [0, 0.1) is 0 Å². The molecule has 0 spiro atoms. The van der Waals surface area contributed by atoms with Crippen LogP contribution < -0.4 is 10.3 Å². The summed E-state index contributed by atoms with van der Waals surface area (Å²) in [7, 11) is 0. The lowest BCUT2D eigenvalue weighted by Crippen LogP contribution is -2.49. The number of fused-ring (bicyclic) bond motifs is 1. The molecule has 1 N–H and O–H groups in total. The number of thiazole rings is 1. The van der Waals surface area contributed by atoms with E-state index in [2.05, 4.69) is 29.3 Å². The number of anilines is 2. The maximum Gasteiger partial charge on any atom is 0.253 e. The van der Waals surface area contributed by atoms with Crippen LogP contribution >= 0.6 is 22.9 Å². The normalized spacial score (nSPS) is 14.8. The number of carbonyl (C=O) groups is 1. The quantitative estimate of drug-likeness (QED) is 0.373. The SMILES string of the molecule is CC/C(C)=N\Nc1nc2c(N3CCN(C(=O)c4ccc(CC)cc4)CC3)c(Cl)ccc2s1. The van der Waals surface area contributed by atoms with Crippen molar-refractivity contribution in [2.45, 2.75) is 33.6 Å². The second-order valence-electron chi connectivity index (χ2n) is 7.90. The zero-order valence-electron chi connectivity index (χ0n) is 18.7. The molecule has 1 aliphatic rings. The maximum atomic E-state index is 12.9. The van der Waals surface area contributed by atoms with Crippen LogP contribution in [0.25, 0.3) is 10.2 Å². The molecule has 1 aliphatic heterocycles. The summed E-state index contributed by atoms with van der Waals surface area (Å²) in [5, 5.41) is 5.79. The Labute approximate surface area is 197 Å². The number of nitrogens with zero attached hydrogens (tertiary/aromatic N) is 4. The average molecular weight is 470 g/mol. The lowest BCUT2D eigenvalue weighted by atomic mass is 10.1. The van der Waals surface area contributed by atoms with E-state index >= 15 is 0 Å². The van der Waals surface area contributed by atoms with Gasteiger partial charge in [-0.2, -0.15) is 5.10 Å². The number of piperazine rings is 1. The predicted octanol–water partition coefficient (Wildman–Crippen LogP) is 5.67. The first-order valence-electron chi connectivity index (χ1n) is 11.0. The van der Waals surface area contributed by atoms with Gasteiger partial charge in [0.15, 0.2) is 0 Å². The molecule has 2 heterocycles. The van der Waals surface area contributed by atoms with Crippen molar-refractivity contribution >= 4 is 55.6 Å². The smallest absolute Gasteiger partial charge is 0.253 e. The molecule has 0 aliphatic carbocycles. The number of nitrogens with one attached hydrogen (secondary N) is 1. The highest BCUT2D eigenvalue weighted by Gasteiger charge is 2.25. The number of rotatable bonds is 6. The molecule has 1 aromatic heterocycles. The monoisotopic (exact) mass is 469 g/mol. The van der Waals surface area contributed by atoms with Gasteiger partial charge in [-0.1, -0.05) is 48.9 Å². The summed E-state index contributed by atoms with van der Waals surface area (Å²) >= 11 is 8.18. The molecule has 1 amide bonds. The molecule has 0 bridgehead atoms. The van der Waals surface area contributed by atoms with Crippen molar-refractivity contribution in [3.05, 3.63) is 52.5 Å². The van der Waals surface area contributed by atoms with Crippen molar-refractivity contribution in [3.8, 4) is 0 Å². The zero-order valence-corrected chi connectivity index (χ0v) is 20.3. The van der Waals surface area contributed by atoms with Gasteiger partial charge in [-0.15, -0.1) is 0 Å². The molecule has 8 heteroatoms. The van der Waals surface area contributed by atoms with Crippen LogP contribution in [0.1, 0.15) is 43.1 Å². The standard InChI is InChI=1S/C24H28ClN5OS/c1-4-16(3)27-28-24-26-21-20(32-24)11-10-19(25)22(21)29-12-14-30(15-13-29)23(31)18-8-6-17(5-2)7-9-18/h6-11H,4-5,12-15H2,1-3H3,(H,26,28)/b27-16-. The van der Waals surface area contributed by atoms with E-state index in [0.29, 0.717) is 31.2 Å². The second kappa shape index (κ2) is 9.88. The van der Waals surface area contributed by atoms with E-state index in [-0.39, 0.29) is 5.91 Å². The summed E-state index contributed by atoms with van der Waals surface area (Å²) in [6, 6.07) is 11.8. The van der Waals surface area contributed by atoms with E-state index in [1.807, 2.05) is 48.2 Å². The minimum absolute atomic E-state index is 0.0842. The Morgan fingerprint density at radius 2 is 1.84 bits per heavy atom. The number of aromatic nitrogens is 1. The van der Waals surface area contributed by atoms with Crippen LogP contribution in [-0.4, -0.2) is 47.7 Å². The fraction of sp³-hybridized carbons (Fsp3) is 0.375.